The lowest BCUT2D eigenvalue weighted by atomic mass is 9.95. The predicted molar refractivity (Wildman–Crippen MR) is 102 cm³/mol. The third kappa shape index (κ3) is 3.56. The summed E-state index contributed by atoms with van der Waals surface area (Å²) in [5.41, 5.74) is 2.74. The quantitative estimate of drug-likeness (QED) is 0.768. The molecular weight excluding hydrogens is 342 g/mol. The third-order valence-electron chi connectivity index (χ3n) is 4.56. The zero-order valence-corrected chi connectivity index (χ0v) is 15.3. The smallest absolute Gasteiger partial charge is 0.271 e. The molecule has 1 N–H and O–H groups in total. The Morgan fingerprint density at radius 2 is 1.78 bits per heavy atom. The molecule has 0 bridgehead atoms. The van der Waals surface area contributed by atoms with Crippen molar-refractivity contribution in [2.45, 2.75) is 19.9 Å². The molecule has 0 aliphatic carbocycles. The molecule has 0 saturated heterocycles. The van der Waals surface area contributed by atoms with Crippen LogP contribution in [0.1, 0.15) is 35.9 Å². The van der Waals surface area contributed by atoms with Gasteiger partial charge in [0.05, 0.1) is 23.3 Å². The van der Waals surface area contributed by atoms with Gasteiger partial charge in [0.25, 0.3) is 5.91 Å². The number of nitrogens with one attached hydrogen (secondary N) is 1. The van der Waals surface area contributed by atoms with Crippen LogP contribution in [0.25, 0.3) is 11.0 Å². The first-order chi connectivity index (χ1) is 13.1. The van der Waals surface area contributed by atoms with Gasteiger partial charge in [-0.25, -0.2) is 4.98 Å². The lowest BCUT2D eigenvalue weighted by Gasteiger charge is -2.25. The molecule has 138 valence electrons. The zero-order valence-electron chi connectivity index (χ0n) is 15.3. The second kappa shape index (κ2) is 7.23. The molecule has 1 unspecified atom stereocenters. The second-order valence-electron chi connectivity index (χ2n) is 6.84. The molecule has 2 aromatic carbocycles. The van der Waals surface area contributed by atoms with E-state index in [1.165, 1.54) is 6.20 Å². The fourth-order valence-electron chi connectivity index (χ4n) is 3.17. The van der Waals surface area contributed by atoms with Crippen LogP contribution in [-0.2, 0) is 0 Å². The Labute approximate surface area is 157 Å². The first kappa shape index (κ1) is 17.3. The Balaban J connectivity index is 1.59. The fraction of sp³-hybridized carbons (Fsp3) is 0.286. The van der Waals surface area contributed by atoms with Crippen molar-refractivity contribution in [2.75, 3.05) is 13.2 Å². The maximum absolute atomic E-state index is 12.8. The van der Waals surface area contributed by atoms with Gasteiger partial charge >= 0.3 is 0 Å². The number of nitrogens with zero attached hydrogens (tertiary/aromatic N) is 2. The number of ether oxygens (including phenoxy) is 2. The number of hydrogen-bond donors (Lipinski definition) is 1. The summed E-state index contributed by atoms with van der Waals surface area (Å²) in [4.78, 5) is 21.6. The summed E-state index contributed by atoms with van der Waals surface area (Å²) in [7, 11) is 0. The summed E-state index contributed by atoms with van der Waals surface area (Å²) in [6, 6.07) is 13.1. The average molecular weight is 363 g/mol. The van der Waals surface area contributed by atoms with E-state index in [2.05, 4.69) is 29.1 Å². The van der Waals surface area contributed by atoms with Gasteiger partial charge in [0.15, 0.2) is 11.5 Å². The number of aromatic nitrogens is 2. The minimum Gasteiger partial charge on any atom is -0.486 e. The number of benzene rings is 2. The van der Waals surface area contributed by atoms with E-state index in [1.807, 2.05) is 42.5 Å². The van der Waals surface area contributed by atoms with Crippen molar-refractivity contribution in [1.82, 2.24) is 15.3 Å². The molecule has 0 saturated carbocycles. The topological polar surface area (TPSA) is 73.3 Å². The van der Waals surface area contributed by atoms with E-state index in [0.717, 1.165) is 16.8 Å². The molecule has 1 aliphatic rings. The highest BCUT2D eigenvalue weighted by molar-refractivity contribution is 5.94. The van der Waals surface area contributed by atoms with Crippen molar-refractivity contribution >= 4 is 16.9 Å². The summed E-state index contributed by atoms with van der Waals surface area (Å²) >= 11 is 0. The number of fused-ring (bicyclic) bond motifs is 2. The highest BCUT2D eigenvalue weighted by Gasteiger charge is 2.22. The van der Waals surface area contributed by atoms with Crippen LogP contribution in [0.3, 0.4) is 0 Å². The number of amides is 1. The number of hydrogen-bond acceptors (Lipinski definition) is 5. The van der Waals surface area contributed by atoms with E-state index >= 15 is 0 Å². The van der Waals surface area contributed by atoms with Crippen molar-refractivity contribution < 1.29 is 14.3 Å². The average Bonchev–Trinajstić information content (AvgIpc) is 2.71. The van der Waals surface area contributed by atoms with E-state index in [-0.39, 0.29) is 17.9 Å². The van der Waals surface area contributed by atoms with Gasteiger partial charge < -0.3 is 14.8 Å². The molecule has 1 atom stereocenters. The Morgan fingerprint density at radius 3 is 2.56 bits per heavy atom. The standard InChI is InChI=1S/C21H21N3O3/c1-13(2)20(14-7-8-18-19(11-14)27-10-9-26-18)24-21(25)17-12-22-15-5-3-4-6-16(15)23-17/h3-8,11-13,20H,9-10H2,1-2H3,(H,24,25). The molecule has 6 heteroatoms. The van der Waals surface area contributed by atoms with E-state index in [4.69, 9.17) is 9.47 Å². The predicted octanol–water partition coefficient (Wildman–Crippen LogP) is 3.53. The molecule has 27 heavy (non-hydrogen) atoms. The molecule has 4 rings (SSSR count). The zero-order chi connectivity index (χ0) is 18.8. The van der Waals surface area contributed by atoms with Gasteiger partial charge in [0, 0.05) is 0 Å². The van der Waals surface area contributed by atoms with E-state index in [0.29, 0.717) is 30.2 Å². The number of carbonyl (C=O) groups is 1. The number of carbonyl (C=O) groups excluding carboxylic acids is 1. The van der Waals surface area contributed by atoms with Gasteiger partial charge in [-0.3, -0.25) is 9.78 Å². The first-order valence-electron chi connectivity index (χ1n) is 9.04. The second-order valence-corrected chi connectivity index (χ2v) is 6.84. The summed E-state index contributed by atoms with van der Waals surface area (Å²) in [6.07, 6.45) is 1.51. The molecule has 0 radical (unpaired) electrons. The monoisotopic (exact) mass is 363 g/mol. The number of para-hydroxylation sites is 2. The van der Waals surface area contributed by atoms with Crippen molar-refractivity contribution in [3.8, 4) is 11.5 Å². The van der Waals surface area contributed by atoms with Gasteiger partial charge in [-0.15, -0.1) is 0 Å². The minimum absolute atomic E-state index is 0.179. The van der Waals surface area contributed by atoms with Crippen molar-refractivity contribution in [1.29, 1.82) is 0 Å². The lowest BCUT2D eigenvalue weighted by molar-refractivity contribution is 0.0920. The maximum atomic E-state index is 12.8. The Bertz CT molecular complexity index is 987. The van der Waals surface area contributed by atoms with Crippen LogP contribution >= 0.6 is 0 Å². The van der Waals surface area contributed by atoms with Gasteiger partial charge in [-0.2, -0.15) is 0 Å². The highest BCUT2D eigenvalue weighted by atomic mass is 16.6. The Morgan fingerprint density at radius 1 is 1.04 bits per heavy atom. The molecule has 1 amide bonds. The Kier molecular flexibility index (Phi) is 4.62. The first-order valence-corrected chi connectivity index (χ1v) is 9.04. The SMILES string of the molecule is CC(C)C(NC(=O)c1cnc2ccccc2n1)c1ccc2c(c1)OCCO2. The molecule has 6 nitrogen and oxygen atoms in total. The summed E-state index contributed by atoms with van der Waals surface area (Å²) in [6.45, 7) is 5.21. The molecule has 2 heterocycles. The summed E-state index contributed by atoms with van der Waals surface area (Å²) < 4.78 is 11.3. The van der Waals surface area contributed by atoms with E-state index in [1.54, 1.807) is 0 Å². The Hall–Kier alpha value is -3.15. The van der Waals surface area contributed by atoms with Crippen LogP contribution in [0.15, 0.2) is 48.7 Å². The van der Waals surface area contributed by atoms with Crippen molar-refractivity contribution in [3.63, 3.8) is 0 Å². The van der Waals surface area contributed by atoms with Gasteiger partial charge in [0.2, 0.25) is 0 Å². The summed E-state index contributed by atoms with van der Waals surface area (Å²) in [5, 5.41) is 3.08. The van der Waals surface area contributed by atoms with Crippen LogP contribution in [0, 0.1) is 5.92 Å². The molecule has 0 fully saturated rings. The largest absolute Gasteiger partial charge is 0.486 e. The van der Waals surface area contributed by atoms with Gasteiger partial charge in [0.1, 0.15) is 18.9 Å². The number of rotatable bonds is 4. The molecule has 0 spiro atoms. The van der Waals surface area contributed by atoms with Crippen molar-refractivity contribution in [2.24, 2.45) is 5.92 Å². The highest BCUT2D eigenvalue weighted by Crippen LogP contribution is 2.34. The molecule has 1 aromatic heterocycles. The fourth-order valence-corrected chi connectivity index (χ4v) is 3.17. The van der Waals surface area contributed by atoms with E-state index < -0.39 is 0 Å². The maximum Gasteiger partial charge on any atom is 0.271 e. The van der Waals surface area contributed by atoms with Crippen LogP contribution in [0.4, 0.5) is 0 Å². The van der Waals surface area contributed by atoms with Crippen LogP contribution in [-0.4, -0.2) is 29.1 Å². The molecule has 3 aromatic rings. The van der Waals surface area contributed by atoms with Crippen LogP contribution in [0.2, 0.25) is 0 Å². The molecule has 1 aliphatic heterocycles. The van der Waals surface area contributed by atoms with E-state index in [9.17, 15) is 4.79 Å². The van der Waals surface area contributed by atoms with Gasteiger partial charge in [-0.05, 0) is 35.7 Å². The lowest BCUT2D eigenvalue weighted by Crippen LogP contribution is -2.32. The summed E-state index contributed by atoms with van der Waals surface area (Å²) in [5.74, 6) is 1.38. The van der Waals surface area contributed by atoms with Crippen molar-refractivity contribution in [3.05, 3.63) is 59.9 Å². The van der Waals surface area contributed by atoms with Gasteiger partial charge in [-0.1, -0.05) is 32.0 Å². The minimum atomic E-state index is -0.248. The third-order valence-corrected chi connectivity index (χ3v) is 4.56. The van der Waals surface area contributed by atoms with Crippen LogP contribution in [0.5, 0.6) is 11.5 Å². The molecular formula is C21H21N3O3. The normalized spacial score (nSPS) is 14.2. The van der Waals surface area contributed by atoms with Crippen LogP contribution < -0.4 is 14.8 Å².